The van der Waals surface area contributed by atoms with Crippen molar-refractivity contribution in [2.45, 2.75) is 0 Å². The van der Waals surface area contributed by atoms with Gasteiger partial charge in [0.1, 0.15) is 11.5 Å². The maximum absolute atomic E-state index is 11.8. The Kier molecular flexibility index (Phi) is 3.76. The minimum atomic E-state index is -4.34. The molecule has 1 heterocycles. The Morgan fingerprint density at radius 2 is 1.71 bits per heavy atom. The number of benzene rings is 1. The Balaban J connectivity index is 2.21. The fourth-order valence-electron chi connectivity index (χ4n) is 1.47. The number of rotatable bonds is 4. The predicted octanol–water partition coefficient (Wildman–Crippen LogP) is 0.353. The molecule has 0 spiro atoms. The van der Waals surface area contributed by atoms with Gasteiger partial charge in [-0.3, -0.25) is 0 Å². The van der Waals surface area contributed by atoms with Crippen LogP contribution in [0.15, 0.2) is 39.6 Å². The average Bonchev–Trinajstić information content (AvgIpc) is 2.75. The number of hydrogen-bond acceptors (Lipinski definition) is 6. The molecule has 0 radical (unpaired) electrons. The average molecular weight is 311 g/mol. The number of carbonyl (C=O) groups is 2. The van der Waals surface area contributed by atoms with Crippen molar-refractivity contribution >= 4 is 27.7 Å². The third kappa shape index (κ3) is 3.08. The molecule has 1 aromatic rings. The third-order valence-electron chi connectivity index (χ3n) is 2.45. The zero-order chi connectivity index (χ0) is 15.6. The van der Waals surface area contributed by atoms with Gasteiger partial charge in [-0.05, 0) is 24.3 Å². The number of carboxylic acids is 1. The van der Waals surface area contributed by atoms with E-state index < -0.39 is 32.6 Å². The topological polar surface area (TPSA) is 119 Å². The van der Waals surface area contributed by atoms with Crippen LogP contribution in [0.5, 0.6) is 11.5 Å². The molecule has 0 aliphatic carbocycles. The molecule has 1 aliphatic rings. The van der Waals surface area contributed by atoms with Gasteiger partial charge < -0.3 is 14.6 Å². The number of ether oxygens (including phenoxy) is 2. The van der Waals surface area contributed by atoms with E-state index in [0.717, 1.165) is 0 Å². The lowest BCUT2D eigenvalue weighted by Gasteiger charge is -2.05. The summed E-state index contributed by atoms with van der Waals surface area (Å²) in [6, 6.07) is 5.83. The smallest absolute Gasteiger partial charge is 0.357 e. The minimum Gasteiger partial charge on any atom is -0.497 e. The van der Waals surface area contributed by atoms with Crippen molar-refractivity contribution in [2.24, 2.45) is 4.40 Å². The second kappa shape index (κ2) is 5.37. The van der Waals surface area contributed by atoms with E-state index in [1.165, 1.54) is 31.4 Å². The van der Waals surface area contributed by atoms with Crippen LogP contribution in [0, 0.1) is 0 Å². The molecule has 1 aliphatic heterocycles. The van der Waals surface area contributed by atoms with Gasteiger partial charge >= 0.3 is 11.9 Å². The van der Waals surface area contributed by atoms with Crippen molar-refractivity contribution in [2.75, 3.05) is 7.11 Å². The number of sulfonamides is 1. The van der Waals surface area contributed by atoms with E-state index in [0.29, 0.717) is 11.8 Å². The van der Waals surface area contributed by atoms with Crippen LogP contribution in [0.2, 0.25) is 0 Å². The first-order valence-corrected chi connectivity index (χ1v) is 6.93. The van der Waals surface area contributed by atoms with Gasteiger partial charge in [-0.15, -0.1) is 0 Å². The van der Waals surface area contributed by atoms with Crippen LogP contribution in [-0.2, 0) is 19.6 Å². The summed E-state index contributed by atoms with van der Waals surface area (Å²) in [5, 5.41) is 8.69. The van der Waals surface area contributed by atoms with Gasteiger partial charge in [-0.1, -0.05) is 0 Å². The van der Waals surface area contributed by atoms with Crippen molar-refractivity contribution in [3.05, 3.63) is 35.2 Å². The molecule has 0 atom stereocenters. The Bertz CT molecular complexity index is 759. The van der Waals surface area contributed by atoms with Crippen molar-refractivity contribution in [1.82, 2.24) is 0 Å². The van der Waals surface area contributed by atoms with Crippen LogP contribution < -0.4 is 9.47 Å². The Morgan fingerprint density at radius 1 is 1.14 bits per heavy atom. The van der Waals surface area contributed by atoms with Gasteiger partial charge in [0.2, 0.25) is 0 Å². The summed E-state index contributed by atoms with van der Waals surface area (Å²) in [6.45, 7) is 0. The molecule has 0 aromatic heterocycles. The number of nitrogens with zero attached hydrogens (tertiary/aromatic N) is 1. The van der Waals surface area contributed by atoms with Gasteiger partial charge in [-0.25, -0.2) is 9.59 Å². The highest BCUT2D eigenvalue weighted by molar-refractivity contribution is 7.95. The van der Waals surface area contributed by atoms with Gasteiger partial charge in [0.05, 0.1) is 7.11 Å². The van der Waals surface area contributed by atoms with E-state index in [9.17, 15) is 18.0 Å². The number of aliphatic carboxylic acids is 1. The quantitative estimate of drug-likeness (QED) is 0.629. The molecular formula is C12H9NO7S. The minimum absolute atomic E-state index is 0.0840. The van der Waals surface area contributed by atoms with E-state index >= 15 is 0 Å². The third-order valence-corrected chi connectivity index (χ3v) is 3.73. The molecule has 0 bridgehead atoms. The lowest BCUT2D eigenvalue weighted by atomic mass is 10.3. The van der Waals surface area contributed by atoms with Crippen molar-refractivity contribution in [1.29, 1.82) is 0 Å². The highest BCUT2D eigenvalue weighted by Crippen LogP contribution is 2.22. The summed E-state index contributed by atoms with van der Waals surface area (Å²) in [5.74, 6) is -2.15. The SMILES string of the molecule is COc1ccc(OC(=O)C2=CC(C(=O)O)=NS2(=O)=O)cc1. The summed E-state index contributed by atoms with van der Waals surface area (Å²) in [7, 11) is -2.88. The van der Waals surface area contributed by atoms with Gasteiger partial charge in [0, 0.05) is 6.08 Å². The zero-order valence-corrected chi connectivity index (χ0v) is 11.5. The lowest BCUT2D eigenvalue weighted by molar-refractivity contribution is -0.130. The van der Waals surface area contributed by atoms with Crippen LogP contribution in [0.1, 0.15) is 0 Å². The zero-order valence-electron chi connectivity index (χ0n) is 10.6. The van der Waals surface area contributed by atoms with Gasteiger partial charge in [-0.2, -0.15) is 12.8 Å². The fourth-order valence-corrected chi connectivity index (χ4v) is 2.47. The largest absolute Gasteiger partial charge is 0.497 e. The number of esters is 1. The molecule has 0 unspecified atom stereocenters. The molecule has 8 nitrogen and oxygen atoms in total. The number of carboxylic acid groups (broad SMARTS) is 1. The normalized spacial score (nSPS) is 15.9. The molecule has 9 heteroatoms. The molecule has 110 valence electrons. The highest BCUT2D eigenvalue weighted by atomic mass is 32.2. The summed E-state index contributed by atoms with van der Waals surface area (Å²) < 4.78 is 35.9. The maximum atomic E-state index is 11.8. The molecule has 0 saturated carbocycles. The predicted molar refractivity (Wildman–Crippen MR) is 70.7 cm³/mol. The molecule has 0 fully saturated rings. The van der Waals surface area contributed by atoms with E-state index in [4.69, 9.17) is 14.6 Å². The lowest BCUT2D eigenvalue weighted by Crippen LogP contribution is -2.15. The van der Waals surface area contributed by atoms with E-state index in [2.05, 4.69) is 4.40 Å². The molecule has 0 saturated heterocycles. The number of methoxy groups -OCH3 is 1. The second-order valence-corrected chi connectivity index (χ2v) is 5.40. The molecule has 1 aromatic carbocycles. The van der Waals surface area contributed by atoms with Gasteiger partial charge in [0.25, 0.3) is 10.0 Å². The summed E-state index contributed by atoms with van der Waals surface area (Å²) in [6.07, 6.45) is 0.656. The van der Waals surface area contributed by atoms with Crippen LogP contribution in [0.4, 0.5) is 0 Å². The maximum Gasteiger partial charge on any atom is 0.357 e. The van der Waals surface area contributed by atoms with Crippen LogP contribution >= 0.6 is 0 Å². The second-order valence-electron chi connectivity index (χ2n) is 3.83. The number of carbonyl (C=O) groups excluding carboxylic acids is 1. The van der Waals surface area contributed by atoms with E-state index in [-0.39, 0.29) is 5.75 Å². The standard InChI is InChI=1S/C12H9NO7S/c1-19-7-2-4-8(5-3-7)20-12(16)10-6-9(11(14)15)13-21(10,17)18/h2-6H,1H3,(H,14,15). The Hall–Kier alpha value is -2.68. The van der Waals surface area contributed by atoms with Gasteiger partial charge in [0.15, 0.2) is 10.6 Å². The summed E-state index contributed by atoms with van der Waals surface area (Å²) in [4.78, 5) is 21.6. The summed E-state index contributed by atoms with van der Waals surface area (Å²) in [5.41, 5.74) is -0.739. The first kappa shape index (κ1) is 14.7. The van der Waals surface area contributed by atoms with Crippen molar-refractivity contribution < 1.29 is 32.6 Å². The first-order chi connectivity index (χ1) is 9.83. The first-order valence-electron chi connectivity index (χ1n) is 5.49. The van der Waals surface area contributed by atoms with Crippen molar-refractivity contribution in [3.8, 4) is 11.5 Å². The van der Waals surface area contributed by atoms with Crippen LogP contribution in [-0.4, -0.2) is 38.3 Å². The Morgan fingerprint density at radius 3 is 2.19 bits per heavy atom. The highest BCUT2D eigenvalue weighted by Gasteiger charge is 2.34. The molecule has 1 N–H and O–H groups in total. The fraction of sp³-hybridized carbons (Fsp3) is 0.0833. The molecule has 0 amide bonds. The molecular weight excluding hydrogens is 302 g/mol. The number of hydrogen-bond donors (Lipinski definition) is 1. The Labute approximate surface area is 119 Å². The molecule has 21 heavy (non-hydrogen) atoms. The monoisotopic (exact) mass is 311 g/mol. The van der Waals surface area contributed by atoms with E-state index in [1.54, 1.807) is 0 Å². The van der Waals surface area contributed by atoms with Crippen molar-refractivity contribution in [3.63, 3.8) is 0 Å². The van der Waals surface area contributed by atoms with E-state index in [1.807, 2.05) is 0 Å². The molecule has 2 rings (SSSR count). The van der Waals surface area contributed by atoms with Crippen LogP contribution in [0.25, 0.3) is 0 Å². The summed E-state index contributed by atoms with van der Waals surface area (Å²) >= 11 is 0. The van der Waals surface area contributed by atoms with Crippen LogP contribution in [0.3, 0.4) is 0 Å².